The number of anilines is 2. The van der Waals surface area contributed by atoms with E-state index in [9.17, 15) is 4.79 Å². The van der Waals surface area contributed by atoms with E-state index >= 15 is 0 Å². The van der Waals surface area contributed by atoms with Crippen molar-refractivity contribution in [1.29, 1.82) is 0 Å². The van der Waals surface area contributed by atoms with E-state index in [1.165, 1.54) is 0 Å². The molecule has 0 saturated heterocycles. The fourth-order valence-electron chi connectivity index (χ4n) is 1.67. The minimum atomic E-state index is -0.344. The summed E-state index contributed by atoms with van der Waals surface area (Å²) in [5.74, 6) is 2.09. The Morgan fingerprint density at radius 2 is 1.90 bits per heavy atom. The first-order valence-electron chi connectivity index (χ1n) is 7.39. The van der Waals surface area contributed by atoms with E-state index < -0.39 is 0 Å². The Bertz CT molecular complexity index is 481. The average Bonchev–Trinajstić information content (AvgIpc) is 2.43. The van der Waals surface area contributed by atoms with Crippen molar-refractivity contribution in [3.63, 3.8) is 0 Å². The molecule has 0 spiro atoms. The third-order valence-electron chi connectivity index (χ3n) is 2.96. The molecular formula is C15H27N5O. The second-order valence-electron chi connectivity index (χ2n) is 6.12. The lowest BCUT2D eigenvalue weighted by atomic mass is 9.96. The van der Waals surface area contributed by atoms with Crippen LogP contribution in [0.5, 0.6) is 0 Å². The Morgan fingerprint density at radius 3 is 2.43 bits per heavy atom. The highest BCUT2D eigenvalue weighted by Gasteiger charge is 2.20. The molecule has 6 heteroatoms. The molecular weight excluding hydrogens is 266 g/mol. The van der Waals surface area contributed by atoms with E-state index in [0.717, 1.165) is 18.1 Å². The summed E-state index contributed by atoms with van der Waals surface area (Å²) in [4.78, 5) is 20.9. The van der Waals surface area contributed by atoms with Crippen LogP contribution in [0.1, 0.15) is 46.9 Å². The van der Waals surface area contributed by atoms with Crippen molar-refractivity contribution in [2.75, 3.05) is 24.2 Å². The van der Waals surface area contributed by atoms with Crippen LogP contribution in [0, 0.1) is 0 Å². The first kappa shape index (κ1) is 17.2. The standard InChI is InChI=1S/C15H27N5O/c1-7-8-17-13(21)10(2)18-12-9-11(16-6)19-14(20-12)15(3,4)5/h9-10H,7-8H2,1-6H3,(H,17,21)(H2,16,18,19,20). The predicted molar refractivity (Wildman–Crippen MR) is 86.7 cm³/mol. The van der Waals surface area contributed by atoms with Crippen LogP contribution in [0.2, 0.25) is 0 Å². The molecule has 3 N–H and O–H groups in total. The maximum absolute atomic E-state index is 11.9. The van der Waals surface area contributed by atoms with Crippen LogP contribution in [-0.2, 0) is 10.2 Å². The monoisotopic (exact) mass is 293 g/mol. The number of nitrogens with zero attached hydrogens (tertiary/aromatic N) is 2. The van der Waals surface area contributed by atoms with Gasteiger partial charge in [-0.05, 0) is 13.3 Å². The molecule has 1 aromatic rings. The van der Waals surface area contributed by atoms with Gasteiger partial charge in [-0.25, -0.2) is 9.97 Å². The van der Waals surface area contributed by atoms with Gasteiger partial charge in [0.25, 0.3) is 0 Å². The average molecular weight is 293 g/mol. The maximum atomic E-state index is 11.9. The number of aromatic nitrogens is 2. The van der Waals surface area contributed by atoms with Crippen molar-refractivity contribution in [2.24, 2.45) is 0 Å². The summed E-state index contributed by atoms with van der Waals surface area (Å²) < 4.78 is 0. The molecule has 1 aromatic heterocycles. The van der Waals surface area contributed by atoms with Gasteiger partial charge in [-0.2, -0.15) is 0 Å². The molecule has 0 aliphatic rings. The van der Waals surface area contributed by atoms with E-state index in [0.29, 0.717) is 12.4 Å². The Hall–Kier alpha value is -1.85. The van der Waals surface area contributed by atoms with Crippen LogP contribution in [0.25, 0.3) is 0 Å². The lowest BCUT2D eigenvalue weighted by molar-refractivity contribution is -0.121. The Labute approximate surface area is 127 Å². The first-order chi connectivity index (χ1) is 9.77. The topological polar surface area (TPSA) is 78.9 Å². The van der Waals surface area contributed by atoms with Crippen LogP contribution in [0.3, 0.4) is 0 Å². The van der Waals surface area contributed by atoms with E-state index in [1.54, 1.807) is 6.07 Å². The number of rotatable bonds is 6. The normalized spacial score (nSPS) is 12.7. The summed E-state index contributed by atoms with van der Waals surface area (Å²) in [6.45, 7) is 10.7. The third kappa shape index (κ3) is 5.21. The first-order valence-corrected chi connectivity index (χ1v) is 7.39. The maximum Gasteiger partial charge on any atom is 0.242 e. The Morgan fingerprint density at radius 1 is 1.29 bits per heavy atom. The summed E-state index contributed by atoms with van der Waals surface area (Å²) in [6, 6.07) is 1.46. The number of carbonyl (C=O) groups excluding carboxylic acids is 1. The van der Waals surface area contributed by atoms with Crippen LogP contribution in [0.15, 0.2) is 6.07 Å². The highest BCUT2D eigenvalue weighted by atomic mass is 16.2. The fraction of sp³-hybridized carbons (Fsp3) is 0.667. The highest BCUT2D eigenvalue weighted by Crippen LogP contribution is 2.22. The molecule has 1 amide bonds. The van der Waals surface area contributed by atoms with Gasteiger partial charge in [-0.3, -0.25) is 4.79 Å². The molecule has 0 radical (unpaired) electrons. The van der Waals surface area contributed by atoms with Crippen molar-refractivity contribution < 1.29 is 4.79 Å². The Balaban J connectivity index is 2.89. The van der Waals surface area contributed by atoms with Crippen molar-refractivity contribution >= 4 is 17.5 Å². The van der Waals surface area contributed by atoms with Crippen molar-refractivity contribution in [1.82, 2.24) is 15.3 Å². The molecule has 1 unspecified atom stereocenters. The molecule has 0 fully saturated rings. The molecule has 1 atom stereocenters. The zero-order valence-corrected chi connectivity index (χ0v) is 13.9. The van der Waals surface area contributed by atoms with Gasteiger partial charge in [-0.15, -0.1) is 0 Å². The number of nitrogens with one attached hydrogen (secondary N) is 3. The number of amides is 1. The molecule has 6 nitrogen and oxygen atoms in total. The van der Waals surface area contributed by atoms with Gasteiger partial charge in [0, 0.05) is 25.1 Å². The van der Waals surface area contributed by atoms with E-state index in [4.69, 9.17) is 0 Å². The molecule has 0 bridgehead atoms. The van der Waals surface area contributed by atoms with Gasteiger partial charge in [0.15, 0.2) is 0 Å². The zero-order valence-electron chi connectivity index (χ0n) is 13.9. The van der Waals surface area contributed by atoms with Crippen molar-refractivity contribution in [2.45, 2.75) is 52.5 Å². The second kappa shape index (κ2) is 7.24. The van der Waals surface area contributed by atoms with Crippen LogP contribution in [-0.4, -0.2) is 35.5 Å². The lowest BCUT2D eigenvalue weighted by Crippen LogP contribution is -2.38. The van der Waals surface area contributed by atoms with Crippen LogP contribution in [0.4, 0.5) is 11.6 Å². The van der Waals surface area contributed by atoms with E-state index in [2.05, 4.69) is 46.7 Å². The molecule has 21 heavy (non-hydrogen) atoms. The molecule has 118 valence electrons. The Kier molecular flexibility index (Phi) is 5.93. The quantitative estimate of drug-likeness (QED) is 0.749. The molecule has 1 heterocycles. The minimum Gasteiger partial charge on any atom is -0.373 e. The number of hydrogen-bond donors (Lipinski definition) is 3. The molecule has 0 aromatic carbocycles. The lowest BCUT2D eigenvalue weighted by Gasteiger charge is -2.20. The summed E-state index contributed by atoms with van der Waals surface area (Å²) in [6.07, 6.45) is 0.921. The number of hydrogen-bond acceptors (Lipinski definition) is 5. The van der Waals surface area contributed by atoms with Gasteiger partial charge in [0.05, 0.1) is 0 Å². The summed E-state index contributed by atoms with van der Waals surface area (Å²) >= 11 is 0. The van der Waals surface area contributed by atoms with Gasteiger partial charge < -0.3 is 16.0 Å². The minimum absolute atomic E-state index is 0.0289. The zero-order chi connectivity index (χ0) is 16.0. The molecule has 0 aliphatic heterocycles. The SMILES string of the molecule is CCCNC(=O)C(C)Nc1cc(NC)nc(C(C)(C)C)n1. The van der Waals surface area contributed by atoms with Gasteiger partial charge in [-0.1, -0.05) is 27.7 Å². The predicted octanol–water partition coefficient (Wildman–Crippen LogP) is 2.14. The highest BCUT2D eigenvalue weighted by molar-refractivity contribution is 5.83. The largest absolute Gasteiger partial charge is 0.373 e. The second-order valence-corrected chi connectivity index (χ2v) is 6.12. The molecule has 0 aliphatic carbocycles. The van der Waals surface area contributed by atoms with Crippen molar-refractivity contribution in [3.05, 3.63) is 11.9 Å². The molecule has 0 saturated carbocycles. The van der Waals surface area contributed by atoms with Crippen LogP contribution >= 0.6 is 0 Å². The molecule has 1 rings (SSSR count). The summed E-state index contributed by atoms with van der Waals surface area (Å²) in [7, 11) is 1.82. The van der Waals surface area contributed by atoms with Gasteiger partial charge in [0.1, 0.15) is 23.5 Å². The third-order valence-corrected chi connectivity index (χ3v) is 2.96. The number of carbonyl (C=O) groups is 1. The van der Waals surface area contributed by atoms with Gasteiger partial charge >= 0.3 is 0 Å². The smallest absolute Gasteiger partial charge is 0.242 e. The van der Waals surface area contributed by atoms with E-state index in [-0.39, 0.29) is 17.4 Å². The van der Waals surface area contributed by atoms with Crippen molar-refractivity contribution in [3.8, 4) is 0 Å². The van der Waals surface area contributed by atoms with Gasteiger partial charge in [0.2, 0.25) is 5.91 Å². The van der Waals surface area contributed by atoms with Crippen LogP contribution < -0.4 is 16.0 Å². The fourth-order valence-corrected chi connectivity index (χ4v) is 1.67. The summed E-state index contributed by atoms with van der Waals surface area (Å²) in [5.41, 5.74) is -0.156. The van der Waals surface area contributed by atoms with E-state index in [1.807, 2.05) is 20.9 Å². The summed E-state index contributed by atoms with van der Waals surface area (Å²) in [5, 5.41) is 9.02.